The maximum absolute atomic E-state index is 12.8. The average Bonchev–Trinajstić information content (AvgIpc) is 2.90. The van der Waals surface area contributed by atoms with E-state index in [1.165, 1.54) is 0 Å². The first-order valence-corrected chi connectivity index (χ1v) is 8.23. The molecule has 3 aromatic rings. The van der Waals surface area contributed by atoms with E-state index in [4.69, 9.17) is 0 Å². The molecule has 0 aliphatic heterocycles. The van der Waals surface area contributed by atoms with Gasteiger partial charge >= 0.3 is 0 Å². The Morgan fingerprint density at radius 2 is 1.50 bits per heavy atom. The third-order valence-corrected chi connectivity index (χ3v) is 4.46. The van der Waals surface area contributed by atoms with Crippen molar-refractivity contribution in [1.82, 2.24) is 9.78 Å². The third-order valence-electron chi connectivity index (χ3n) is 3.41. The molecule has 0 fully saturated rings. The van der Waals surface area contributed by atoms with Crippen LogP contribution in [0.4, 0.5) is 0 Å². The number of rotatable bonds is 3. The Balaban J connectivity index is 2.07. The maximum Gasteiger partial charge on any atom is 0.196 e. The van der Waals surface area contributed by atoms with Gasteiger partial charge < -0.3 is 0 Å². The molecular formula is C17H12Br2N2O. The molecule has 1 heterocycles. The van der Waals surface area contributed by atoms with Crippen LogP contribution >= 0.6 is 31.9 Å². The van der Waals surface area contributed by atoms with E-state index in [-0.39, 0.29) is 5.78 Å². The number of aryl methyl sites for hydroxylation is 1. The molecule has 0 aliphatic rings. The first-order valence-electron chi connectivity index (χ1n) is 6.64. The van der Waals surface area contributed by atoms with Gasteiger partial charge in [-0.1, -0.05) is 44.0 Å². The number of carbonyl (C=O) groups is 1. The molecule has 2 aromatic carbocycles. The van der Waals surface area contributed by atoms with Crippen molar-refractivity contribution in [2.75, 3.05) is 0 Å². The maximum atomic E-state index is 12.8. The predicted octanol–water partition coefficient (Wildman–Crippen LogP) is 4.84. The zero-order valence-corrected chi connectivity index (χ0v) is 14.9. The van der Waals surface area contributed by atoms with Gasteiger partial charge in [0.2, 0.25) is 0 Å². The van der Waals surface area contributed by atoms with Crippen LogP contribution in [0.15, 0.2) is 63.7 Å². The number of ketones is 1. The SMILES string of the molecule is Cn1ncc(C(=O)c2ccc(Br)cc2)c1-c1ccc(Br)cc1. The second kappa shape index (κ2) is 6.18. The number of hydrogen-bond donors (Lipinski definition) is 0. The predicted molar refractivity (Wildman–Crippen MR) is 93.9 cm³/mol. The normalized spacial score (nSPS) is 10.7. The van der Waals surface area contributed by atoms with Crippen molar-refractivity contribution >= 4 is 37.6 Å². The summed E-state index contributed by atoms with van der Waals surface area (Å²) in [6.45, 7) is 0. The second-order valence-electron chi connectivity index (χ2n) is 4.87. The van der Waals surface area contributed by atoms with E-state index in [1.807, 2.05) is 55.6 Å². The molecule has 0 atom stereocenters. The zero-order chi connectivity index (χ0) is 15.7. The van der Waals surface area contributed by atoms with E-state index in [0.717, 1.165) is 20.2 Å². The number of aromatic nitrogens is 2. The summed E-state index contributed by atoms with van der Waals surface area (Å²) >= 11 is 6.81. The van der Waals surface area contributed by atoms with Crippen molar-refractivity contribution in [3.8, 4) is 11.3 Å². The molecule has 0 saturated heterocycles. The van der Waals surface area contributed by atoms with E-state index >= 15 is 0 Å². The summed E-state index contributed by atoms with van der Waals surface area (Å²) in [6, 6.07) is 15.2. The molecule has 0 N–H and O–H groups in total. The Bertz CT molecular complexity index is 821. The molecule has 0 amide bonds. The largest absolute Gasteiger partial charge is 0.288 e. The van der Waals surface area contributed by atoms with Crippen LogP contribution < -0.4 is 0 Å². The summed E-state index contributed by atoms with van der Waals surface area (Å²) in [7, 11) is 1.84. The standard InChI is InChI=1S/C17H12Br2N2O/c1-21-16(11-2-6-13(18)7-3-11)15(10-20-21)17(22)12-4-8-14(19)9-5-12/h2-10H,1H3. The van der Waals surface area contributed by atoms with Gasteiger partial charge in [-0.2, -0.15) is 5.10 Å². The highest BCUT2D eigenvalue weighted by Gasteiger charge is 2.19. The van der Waals surface area contributed by atoms with Gasteiger partial charge in [-0.25, -0.2) is 0 Å². The minimum absolute atomic E-state index is 0.0291. The van der Waals surface area contributed by atoms with E-state index in [9.17, 15) is 4.79 Å². The molecule has 5 heteroatoms. The fraction of sp³-hybridized carbons (Fsp3) is 0.0588. The Kier molecular flexibility index (Phi) is 4.27. The van der Waals surface area contributed by atoms with Gasteiger partial charge in [0.05, 0.1) is 17.5 Å². The number of hydrogen-bond acceptors (Lipinski definition) is 2. The van der Waals surface area contributed by atoms with Crippen molar-refractivity contribution < 1.29 is 4.79 Å². The quantitative estimate of drug-likeness (QED) is 0.569. The second-order valence-corrected chi connectivity index (χ2v) is 6.70. The van der Waals surface area contributed by atoms with E-state index in [1.54, 1.807) is 10.9 Å². The van der Waals surface area contributed by atoms with Gasteiger partial charge in [-0.05, 0) is 36.4 Å². The van der Waals surface area contributed by atoms with Crippen molar-refractivity contribution in [1.29, 1.82) is 0 Å². The molecular weight excluding hydrogens is 408 g/mol. The smallest absolute Gasteiger partial charge is 0.196 e. The topological polar surface area (TPSA) is 34.9 Å². The molecule has 1 aromatic heterocycles. The van der Waals surface area contributed by atoms with Gasteiger partial charge in [-0.15, -0.1) is 0 Å². The van der Waals surface area contributed by atoms with Gasteiger partial charge in [0.25, 0.3) is 0 Å². The van der Waals surface area contributed by atoms with Crippen LogP contribution in [0.5, 0.6) is 0 Å². The van der Waals surface area contributed by atoms with E-state index in [0.29, 0.717) is 11.1 Å². The molecule has 3 rings (SSSR count). The molecule has 0 spiro atoms. The number of nitrogens with zero attached hydrogens (tertiary/aromatic N) is 2. The molecule has 110 valence electrons. The molecule has 0 bridgehead atoms. The van der Waals surface area contributed by atoms with Crippen molar-refractivity contribution in [2.24, 2.45) is 7.05 Å². The first-order chi connectivity index (χ1) is 10.6. The molecule has 0 radical (unpaired) electrons. The highest BCUT2D eigenvalue weighted by atomic mass is 79.9. The lowest BCUT2D eigenvalue weighted by Gasteiger charge is -2.06. The lowest BCUT2D eigenvalue weighted by molar-refractivity contribution is 0.103. The van der Waals surface area contributed by atoms with Gasteiger partial charge in [0.15, 0.2) is 5.78 Å². The molecule has 0 saturated carbocycles. The van der Waals surface area contributed by atoms with Crippen LogP contribution in [0.3, 0.4) is 0 Å². The minimum atomic E-state index is -0.0291. The van der Waals surface area contributed by atoms with Crippen LogP contribution in [0, 0.1) is 0 Å². The van der Waals surface area contributed by atoms with Crippen molar-refractivity contribution in [3.05, 3.63) is 74.8 Å². The summed E-state index contributed by atoms with van der Waals surface area (Å²) < 4.78 is 3.68. The van der Waals surface area contributed by atoms with Crippen molar-refractivity contribution in [2.45, 2.75) is 0 Å². The molecule has 0 aliphatic carbocycles. The van der Waals surface area contributed by atoms with Gasteiger partial charge in [0.1, 0.15) is 0 Å². The van der Waals surface area contributed by atoms with Crippen LogP contribution in [-0.2, 0) is 7.05 Å². The molecule has 22 heavy (non-hydrogen) atoms. The summed E-state index contributed by atoms with van der Waals surface area (Å²) in [4.78, 5) is 12.8. The Morgan fingerprint density at radius 3 is 2.09 bits per heavy atom. The van der Waals surface area contributed by atoms with Gasteiger partial charge in [0, 0.05) is 27.1 Å². The number of carbonyl (C=O) groups excluding carboxylic acids is 1. The fourth-order valence-corrected chi connectivity index (χ4v) is 2.84. The highest BCUT2D eigenvalue weighted by Crippen LogP contribution is 2.27. The summed E-state index contributed by atoms with van der Waals surface area (Å²) in [5, 5.41) is 4.25. The monoisotopic (exact) mass is 418 g/mol. The number of benzene rings is 2. The summed E-state index contributed by atoms with van der Waals surface area (Å²) in [5.74, 6) is -0.0291. The van der Waals surface area contributed by atoms with Crippen LogP contribution in [0.2, 0.25) is 0 Å². The third kappa shape index (κ3) is 2.91. The molecule has 3 nitrogen and oxygen atoms in total. The average molecular weight is 420 g/mol. The fourth-order valence-electron chi connectivity index (χ4n) is 2.31. The van der Waals surface area contributed by atoms with Crippen LogP contribution in [0.1, 0.15) is 15.9 Å². The lowest BCUT2D eigenvalue weighted by Crippen LogP contribution is -2.03. The lowest BCUT2D eigenvalue weighted by atomic mass is 10.0. The first kappa shape index (κ1) is 15.2. The zero-order valence-electron chi connectivity index (χ0n) is 11.8. The van der Waals surface area contributed by atoms with Gasteiger partial charge in [-0.3, -0.25) is 9.48 Å². The Labute approximate surface area is 145 Å². The van der Waals surface area contributed by atoms with Crippen LogP contribution in [-0.4, -0.2) is 15.6 Å². The Hall–Kier alpha value is -1.72. The summed E-state index contributed by atoms with van der Waals surface area (Å²) in [5.41, 5.74) is 3.03. The Morgan fingerprint density at radius 1 is 0.955 bits per heavy atom. The number of halogens is 2. The van der Waals surface area contributed by atoms with Crippen molar-refractivity contribution in [3.63, 3.8) is 0 Å². The van der Waals surface area contributed by atoms with E-state index < -0.39 is 0 Å². The molecule has 0 unspecified atom stereocenters. The van der Waals surface area contributed by atoms with E-state index in [2.05, 4.69) is 37.0 Å². The van der Waals surface area contributed by atoms with Crippen LogP contribution in [0.25, 0.3) is 11.3 Å². The summed E-state index contributed by atoms with van der Waals surface area (Å²) in [6.07, 6.45) is 1.63. The minimum Gasteiger partial charge on any atom is -0.288 e. The highest BCUT2D eigenvalue weighted by molar-refractivity contribution is 9.10.